The molecule has 34 heavy (non-hydrogen) atoms. The standard InChI is InChI=1S/C29H56F4O/c1-5-8-10-12-14-16-18-20-23-28(30,24-21-19-17-15-13-11-9-6-2)25-22-27(34-7-3)26(4)29(31,32)33/h26-27H,5-25H2,1-4H3. The Morgan fingerprint density at radius 3 is 1.29 bits per heavy atom. The second-order valence-corrected chi connectivity index (χ2v) is 10.5. The van der Waals surface area contributed by atoms with Gasteiger partial charge in [0.1, 0.15) is 5.67 Å². The molecule has 0 fully saturated rings. The summed E-state index contributed by atoms with van der Waals surface area (Å²) in [6.07, 6.45) is 14.4. The van der Waals surface area contributed by atoms with Gasteiger partial charge >= 0.3 is 6.18 Å². The molecular weight excluding hydrogens is 440 g/mol. The lowest BCUT2D eigenvalue weighted by molar-refractivity contribution is -0.203. The Morgan fingerprint density at radius 1 is 0.559 bits per heavy atom. The summed E-state index contributed by atoms with van der Waals surface area (Å²) in [7, 11) is 0. The van der Waals surface area contributed by atoms with E-state index in [0.29, 0.717) is 12.8 Å². The average molecular weight is 497 g/mol. The van der Waals surface area contributed by atoms with Gasteiger partial charge in [-0.15, -0.1) is 0 Å². The Labute approximate surface area is 209 Å². The van der Waals surface area contributed by atoms with Crippen molar-refractivity contribution in [2.24, 2.45) is 5.92 Å². The van der Waals surface area contributed by atoms with E-state index >= 15 is 4.39 Å². The fraction of sp³-hybridized carbons (Fsp3) is 1.00. The average Bonchev–Trinajstić information content (AvgIpc) is 2.79. The fourth-order valence-corrected chi connectivity index (χ4v) is 4.83. The molecule has 0 amide bonds. The van der Waals surface area contributed by atoms with Crippen molar-refractivity contribution in [1.29, 1.82) is 0 Å². The lowest BCUT2D eigenvalue weighted by Crippen LogP contribution is -2.36. The van der Waals surface area contributed by atoms with Gasteiger partial charge in [-0.1, -0.05) is 124 Å². The molecule has 0 N–H and O–H groups in total. The number of unbranched alkanes of at least 4 members (excludes halogenated alkanes) is 14. The third-order valence-corrected chi connectivity index (χ3v) is 7.29. The molecule has 0 spiro atoms. The Morgan fingerprint density at radius 2 is 0.941 bits per heavy atom. The normalized spacial score (nSPS) is 14.5. The number of alkyl halides is 4. The van der Waals surface area contributed by atoms with Crippen LogP contribution in [-0.2, 0) is 4.74 Å². The van der Waals surface area contributed by atoms with Gasteiger partial charge in [0.25, 0.3) is 0 Å². The third-order valence-electron chi connectivity index (χ3n) is 7.29. The molecule has 206 valence electrons. The summed E-state index contributed by atoms with van der Waals surface area (Å²) < 4.78 is 61.2. The molecule has 2 unspecified atom stereocenters. The van der Waals surface area contributed by atoms with Crippen LogP contribution in [0.3, 0.4) is 0 Å². The molecule has 0 aromatic rings. The fourth-order valence-electron chi connectivity index (χ4n) is 4.83. The van der Waals surface area contributed by atoms with E-state index in [1.807, 2.05) is 0 Å². The first-order chi connectivity index (χ1) is 16.2. The van der Waals surface area contributed by atoms with Crippen molar-refractivity contribution < 1.29 is 22.3 Å². The zero-order valence-corrected chi connectivity index (χ0v) is 22.9. The van der Waals surface area contributed by atoms with Gasteiger partial charge in [-0.2, -0.15) is 13.2 Å². The smallest absolute Gasteiger partial charge is 0.378 e. The maximum absolute atomic E-state index is 16.0. The van der Waals surface area contributed by atoms with E-state index < -0.39 is 23.9 Å². The number of halogens is 4. The first-order valence-corrected chi connectivity index (χ1v) is 14.6. The molecule has 1 nitrogen and oxygen atoms in total. The van der Waals surface area contributed by atoms with Crippen molar-refractivity contribution in [1.82, 2.24) is 0 Å². The summed E-state index contributed by atoms with van der Waals surface area (Å²) in [5.41, 5.74) is -1.37. The molecule has 0 aliphatic heterocycles. The van der Waals surface area contributed by atoms with Gasteiger partial charge in [0.05, 0.1) is 12.0 Å². The van der Waals surface area contributed by atoms with Crippen molar-refractivity contribution in [3.05, 3.63) is 0 Å². The number of rotatable bonds is 24. The molecule has 0 aromatic carbocycles. The second kappa shape index (κ2) is 20.8. The highest BCUT2D eigenvalue weighted by Gasteiger charge is 2.42. The van der Waals surface area contributed by atoms with Crippen LogP contribution in [0.5, 0.6) is 0 Å². The van der Waals surface area contributed by atoms with Crippen molar-refractivity contribution in [3.8, 4) is 0 Å². The van der Waals surface area contributed by atoms with E-state index in [0.717, 1.165) is 45.4 Å². The van der Waals surface area contributed by atoms with Crippen LogP contribution in [0, 0.1) is 5.92 Å². The van der Waals surface area contributed by atoms with Gasteiger partial charge in [0.2, 0.25) is 0 Å². The lowest BCUT2D eigenvalue weighted by Gasteiger charge is -2.31. The molecule has 0 saturated carbocycles. The molecule has 0 heterocycles. The summed E-state index contributed by atoms with van der Waals surface area (Å²) in [6.45, 7) is 7.51. The van der Waals surface area contributed by atoms with E-state index in [4.69, 9.17) is 4.74 Å². The summed E-state index contributed by atoms with van der Waals surface area (Å²) in [5.74, 6) is -1.57. The highest BCUT2D eigenvalue weighted by atomic mass is 19.4. The van der Waals surface area contributed by atoms with Crippen LogP contribution in [0.1, 0.15) is 156 Å². The van der Waals surface area contributed by atoms with E-state index in [-0.39, 0.29) is 19.4 Å². The monoisotopic (exact) mass is 496 g/mol. The first-order valence-electron chi connectivity index (χ1n) is 14.6. The summed E-state index contributed by atoms with van der Waals surface area (Å²) in [6, 6.07) is 0. The summed E-state index contributed by atoms with van der Waals surface area (Å²) in [4.78, 5) is 0. The predicted molar refractivity (Wildman–Crippen MR) is 138 cm³/mol. The zero-order chi connectivity index (χ0) is 25.7. The first kappa shape index (κ1) is 33.7. The van der Waals surface area contributed by atoms with Gasteiger partial charge in [-0.3, -0.25) is 0 Å². The molecule has 2 atom stereocenters. The van der Waals surface area contributed by atoms with E-state index in [9.17, 15) is 13.2 Å². The molecule has 0 rings (SSSR count). The van der Waals surface area contributed by atoms with Crippen LogP contribution in [0.4, 0.5) is 17.6 Å². The van der Waals surface area contributed by atoms with Crippen LogP contribution in [0.2, 0.25) is 0 Å². The van der Waals surface area contributed by atoms with Gasteiger partial charge in [0.15, 0.2) is 0 Å². The maximum Gasteiger partial charge on any atom is 0.394 e. The van der Waals surface area contributed by atoms with E-state index in [2.05, 4.69) is 13.8 Å². The van der Waals surface area contributed by atoms with Crippen LogP contribution in [0.15, 0.2) is 0 Å². The molecule has 0 bridgehead atoms. The van der Waals surface area contributed by atoms with Crippen LogP contribution < -0.4 is 0 Å². The van der Waals surface area contributed by atoms with Crippen molar-refractivity contribution in [2.75, 3.05) is 6.61 Å². The maximum atomic E-state index is 16.0. The molecular formula is C29H56F4O. The molecule has 0 aliphatic carbocycles. The third kappa shape index (κ3) is 18.0. The minimum absolute atomic E-state index is 0.138. The van der Waals surface area contributed by atoms with Gasteiger partial charge in [0, 0.05) is 6.61 Å². The molecule has 5 heteroatoms. The minimum Gasteiger partial charge on any atom is -0.378 e. The lowest BCUT2D eigenvalue weighted by atomic mass is 9.85. The molecule has 0 aromatic heterocycles. The number of ether oxygens (including phenoxy) is 1. The second-order valence-electron chi connectivity index (χ2n) is 10.5. The molecule has 0 radical (unpaired) electrons. The van der Waals surface area contributed by atoms with Crippen LogP contribution >= 0.6 is 0 Å². The SMILES string of the molecule is CCCCCCCCCCC(F)(CCCCCCCCCC)CCC(OCC)C(C)C(F)(F)F. The largest absolute Gasteiger partial charge is 0.394 e. The summed E-state index contributed by atoms with van der Waals surface area (Å²) >= 11 is 0. The Balaban J connectivity index is 4.64. The quantitative estimate of drug-likeness (QED) is 0.0953. The highest BCUT2D eigenvalue weighted by Crippen LogP contribution is 2.37. The predicted octanol–water partition coefficient (Wildman–Crippen LogP) is 11.1. The number of hydrogen-bond donors (Lipinski definition) is 0. The molecule has 0 aliphatic rings. The van der Waals surface area contributed by atoms with Gasteiger partial charge < -0.3 is 4.74 Å². The summed E-state index contributed by atoms with van der Waals surface area (Å²) in [5, 5.41) is 0. The van der Waals surface area contributed by atoms with E-state index in [1.165, 1.54) is 64.2 Å². The number of hydrogen-bond acceptors (Lipinski definition) is 1. The van der Waals surface area contributed by atoms with Crippen molar-refractivity contribution >= 4 is 0 Å². The highest BCUT2D eigenvalue weighted by molar-refractivity contribution is 4.83. The Kier molecular flexibility index (Phi) is 20.6. The topological polar surface area (TPSA) is 9.23 Å². The zero-order valence-electron chi connectivity index (χ0n) is 22.9. The van der Waals surface area contributed by atoms with Crippen molar-refractivity contribution in [2.45, 2.75) is 174 Å². The van der Waals surface area contributed by atoms with Crippen LogP contribution in [0.25, 0.3) is 0 Å². The van der Waals surface area contributed by atoms with Crippen molar-refractivity contribution in [3.63, 3.8) is 0 Å². The van der Waals surface area contributed by atoms with E-state index in [1.54, 1.807) is 6.92 Å². The molecule has 0 saturated heterocycles. The Hall–Kier alpha value is -0.320. The minimum atomic E-state index is -4.31. The van der Waals surface area contributed by atoms with Crippen LogP contribution in [-0.4, -0.2) is 24.6 Å². The van der Waals surface area contributed by atoms with Gasteiger partial charge in [-0.05, 0) is 32.6 Å². The Bertz CT molecular complexity index is 418. The van der Waals surface area contributed by atoms with Gasteiger partial charge in [-0.25, -0.2) is 4.39 Å².